The third-order valence-corrected chi connectivity index (χ3v) is 7.77. The summed E-state index contributed by atoms with van der Waals surface area (Å²) in [6, 6.07) is 9.17. The summed E-state index contributed by atoms with van der Waals surface area (Å²) in [6.07, 6.45) is 14.9. The smallest absolute Gasteiger partial charge is 0.166 e. The zero-order valence-electron chi connectivity index (χ0n) is 24.4. The van der Waals surface area contributed by atoms with Gasteiger partial charge in [0.1, 0.15) is 5.75 Å². The molecule has 0 saturated heterocycles. The summed E-state index contributed by atoms with van der Waals surface area (Å²) in [6.45, 7) is 8.16. The predicted octanol–water partition coefficient (Wildman–Crippen LogP) is 9.48. The summed E-state index contributed by atoms with van der Waals surface area (Å²) in [5, 5.41) is 0. The van der Waals surface area contributed by atoms with Crippen LogP contribution in [0.3, 0.4) is 0 Å². The van der Waals surface area contributed by atoms with Crippen LogP contribution in [-0.2, 0) is 22.3 Å². The van der Waals surface area contributed by atoms with Crippen LogP contribution >= 0.6 is 0 Å². The molecule has 0 aromatic heterocycles. The van der Waals surface area contributed by atoms with E-state index in [1.165, 1.54) is 25.7 Å². The van der Waals surface area contributed by atoms with E-state index in [1.54, 1.807) is 0 Å². The molecule has 1 aliphatic rings. The Morgan fingerprint density at radius 1 is 0.718 bits per heavy atom. The van der Waals surface area contributed by atoms with Crippen LogP contribution in [0.25, 0.3) is 11.1 Å². The van der Waals surface area contributed by atoms with E-state index >= 15 is 8.78 Å². The first-order valence-corrected chi connectivity index (χ1v) is 15.5. The van der Waals surface area contributed by atoms with Gasteiger partial charge in [-0.05, 0) is 79.3 Å². The zero-order valence-corrected chi connectivity index (χ0v) is 24.4. The number of hydrogen-bond acceptors (Lipinski definition) is 3. The molecule has 0 aliphatic heterocycles. The molecule has 1 aliphatic carbocycles. The van der Waals surface area contributed by atoms with Crippen molar-refractivity contribution in [2.75, 3.05) is 33.0 Å². The third kappa shape index (κ3) is 10.8. The lowest BCUT2D eigenvalue weighted by molar-refractivity contribution is 0.116. The van der Waals surface area contributed by atoms with Crippen LogP contribution in [0, 0.1) is 17.6 Å². The molecule has 0 saturated carbocycles. The summed E-state index contributed by atoms with van der Waals surface area (Å²) in [4.78, 5) is 0. The number of halogens is 2. The second-order valence-corrected chi connectivity index (χ2v) is 11.0. The third-order valence-electron chi connectivity index (χ3n) is 7.77. The summed E-state index contributed by atoms with van der Waals surface area (Å²) in [7, 11) is 0. The van der Waals surface area contributed by atoms with Gasteiger partial charge in [-0.25, -0.2) is 8.78 Å². The Balaban J connectivity index is 1.43. The molecule has 3 rings (SSSR count). The fraction of sp³-hybridized carbons (Fsp3) is 0.647. The molecule has 0 bridgehead atoms. The number of rotatable bonds is 20. The average molecular weight is 545 g/mol. The van der Waals surface area contributed by atoms with Gasteiger partial charge in [0, 0.05) is 38.4 Å². The maximum Gasteiger partial charge on any atom is 0.166 e. The SMILES string of the molecule is CCCCCOCCCCCC1CCc2cc(-c3ccc(OCCCOCCCCC)cc3)c(F)c(F)c2C1. The molecule has 0 fully saturated rings. The van der Waals surface area contributed by atoms with Gasteiger partial charge in [-0.3, -0.25) is 0 Å². The van der Waals surface area contributed by atoms with Gasteiger partial charge in [0.15, 0.2) is 11.6 Å². The lowest BCUT2D eigenvalue weighted by Gasteiger charge is -2.26. The van der Waals surface area contributed by atoms with Gasteiger partial charge in [0.05, 0.1) is 6.61 Å². The van der Waals surface area contributed by atoms with E-state index in [-0.39, 0.29) is 0 Å². The number of unbranched alkanes of at least 4 members (excludes halogenated alkanes) is 6. The molecule has 39 heavy (non-hydrogen) atoms. The van der Waals surface area contributed by atoms with E-state index in [0.29, 0.717) is 42.2 Å². The van der Waals surface area contributed by atoms with Gasteiger partial charge >= 0.3 is 0 Å². The summed E-state index contributed by atoms with van der Waals surface area (Å²) in [5.74, 6) is -0.231. The standard InChI is InChI=1S/C34H50F2O3/c1-3-5-9-20-37-22-11-7-8-13-27-14-15-29-26-32(34(36)33(35)31(29)25-27)28-16-18-30(19-17-28)39-24-12-23-38-21-10-6-4-2/h16-19,26-27H,3-15,20-25H2,1-2H3. The van der Waals surface area contributed by atoms with Crippen molar-refractivity contribution in [1.29, 1.82) is 0 Å². The maximum atomic E-state index is 15.2. The Labute approximate surface area is 235 Å². The summed E-state index contributed by atoms with van der Waals surface area (Å²) in [5.41, 5.74) is 2.57. The second kappa shape index (κ2) is 18.4. The highest BCUT2D eigenvalue weighted by Crippen LogP contribution is 2.36. The van der Waals surface area contributed by atoms with E-state index in [9.17, 15) is 0 Å². The van der Waals surface area contributed by atoms with Crippen molar-refractivity contribution in [2.45, 2.75) is 104 Å². The number of hydrogen-bond donors (Lipinski definition) is 0. The first-order chi connectivity index (χ1) is 19.1. The molecule has 218 valence electrons. The van der Waals surface area contributed by atoms with Crippen molar-refractivity contribution in [2.24, 2.45) is 5.92 Å². The van der Waals surface area contributed by atoms with Crippen molar-refractivity contribution in [3.63, 3.8) is 0 Å². The minimum Gasteiger partial charge on any atom is -0.494 e. The van der Waals surface area contributed by atoms with Crippen LogP contribution < -0.4 is 4.74 Å². The monoisotopic (exact) mass is 544 g/mol. The number of aryl methyl sites for hydroxylation is 1. The van der Waals surface area contributed by atoms with Crippen LogP contribution in [0.4, 0.5) is 8.78 Å². The zero-order chi connectivity index (χ0) is 27.7. The van der Waals surface area contributed by atoms with E-state index < -0.39 is 11.6 Å². The van der Waals surface area contributed by atoms with Crippen molar-refractivity contribution in [3.8, 4) is 16.9 Å². The summed E-state index contributed by atoms with van der Waals surface area (Å²) >= 11 is 0. The molecule has 1 unspecified atom stereocenters. The predicted molar refractivity (Wildman–Crippen MR) is 157 cm³/mol. The first kappa shape index (κ1) is 31.5. The minimum atomic E-state index is -0.733. The molecular weight excluding hydrogens is 494 g/mol. The first-order valence-electron chi connectivity index (χ1n) is 15.5. The highest BCUT2D eigenvalue weighted by atomic mass is 19.2. The molecule has 0 spiro atoms. The van der Waals surface area contributed by atoms with Gasteiger partial charge in [-0.1, -0.05) is 70.9 Å². The highest BCUT2D eigenvalue weighted by Gasteiger charge is 2.25. The molecule has 2 aromatic rings. The average Bonchev–Trinajstić information content (AvgIpc) is 2.96. The second-order valence-electron chi connectivity index (χ2n) is 11.0. The van der Waals surface area contributed by atoms with Gasteiger partial charge in [0.2, 0.25) is 0 Å². The Bertz CT molecular complexity index is 944. The van der Waals surface area contributed by atoms with Crippen molar-refractivity contribution < 1.29 is 23.0 Å². The highest BCUT2D eigenvalue weighted by molar-refractivity contribution is 5.67. The Morgan fingerprint density at radius 3 is 2.03 bits per heavy atom. The molecule has 5 heteroatoms. The van der Waals surface area contributed by atoms with Gasteiger partial charge in [0.25, 0.3) is 0 Å². The number of ether oxygens (including phenoxy) is 3. The lowest BCUT2D eigenvalue weighted by Crippen LogP contribution is -2.17. The molecule has 0 heterocycles. The minimum absolute atomic E-state index is 0.343. The van der Waals surface area contributed by atoms with Crippen molar-refractivity contribution >= 4 is 0 Å². The quantitative estimate of drug-likeness (QED) is 0.155. The fourth-order valence-corrected chi connectivity index (χ4v) is 5.37. The van der Waals surface area contributed by atoms with Crippen LogP contribution in [0.2, 0.25) is 0 Å². The van der Waals surface area contributed by atoms with Crippen LogP contribution in [0.1, 0.15) is 102 Å². The Hall–Kier alpha value is -1.98. The molecule has 0 N–H and O–H groups in total. The van der Waals surface area contributed by atoms with Crippen LogP contribution in [0.15, 0.2) is 30.3 Å². The molecule has 3 nitrogen and oxygen atoms in total. The fourth-order valence-electron chi connectivity index (χ4n) is 5.37. The van der Waals surface area contributed by atoms with E-state index in [2.05, 4.69) is 13.8 Å². The van der Waals surface area contributed by atoms with Gasteiger partial charge in [-0.15, -0.1) is 0 Å². The topological polar surface area (TPSA) is 27.7 Å². The van der Waals surface area contributed by atoms with E-state index in [4.69, 9.17) is 14.2 Å². The van der Waals surface area contributed by atoms with Crippen LogP contribution in [-0.4, -0.2) is 33.0 Å². The summed E-state index contributed by atoms with van der Waals surface area (Å²) < 4.78 is 47.5. The number of fused-ring (bicyclic) bond motifs is 1. The van der Waals surface area contributed by atoms with Crippen LogP contribution in [0.5, 0.6) is 5.75 Å². The molecule has 2 aromatic carbocycles. The van der Waals surface area contributed by atoms with Gasteiger partial charge in [-0.2, -0.15) is 0 Å². The molecule has 0 amide bonds. The Kier molecular flexibility index (Phi) is 14.9. The largest absolute Gasteiger partial charge is 0.494 e. The van der Waals surface area contributed by atoms with E-state index in [1.807, 2.05) is 30.3 Å². The Morgan fingerprint density at radius 2 is 1.36 bits per heavy atom. The molecular formula is C34H50F2O3. The lowest BCUT2D eigenvalue weighted by atomic mass is 9.80. The molecule has 1 atom stereocenters. The van der Waals surface area contributed by atoms with E-state index in [0.717, 1.165) is 88.9 Å². The number of benzene rings is 2. The maximum absolute atomic E-state index is 15.2. The molecule has 0 radical (unpaired) electrons. The van der Waals surface area contributed by atoms with Crippen molar-refractivity contribution in [1.82, 2.24) is 0 Å². The van der Waals surface area contributed by atoms with Gasteiger partial charge < -0.3 is 14.2 Å². The van der Waals surface area contributed by atoms with Crippen molar-refractivity contribution in [3.05, 3.63) is 53.1 Å². The normalized spacial score (nSPS) is 14.9.